The van der Waals surface area contributed by atoms with E-state index in [1.54, 1.807) is 0 Å². The number of nitrogens with zero attached hydrogens (tertiary/aromatic N) is 2. The Kier molecular flexibility index (Phi) is 5.15. The third-order valence-corrected chi connectivity index (χ3v) is 0.412. The Labute approximate surface area is 46.6 Å². The van der Waals surface area contributed by atoms with Crippen molar-refractivity contribution in [1.29, 1.82) is 0 Å². The lowest BCUT2D eigenvalue weighted by Gasteiger charge is -1.73. The van der Waals surface area contributed by atoms with Gasteiger partial charge in [0.15, 0.2) is 0 Å². The van der Waals surface area contributed by atoms with Crippen LogP contribution >= 0.6 is 0 Å². The van der Waals surface area contributed by atoms with E-state index in [9.17, 15) is 9.59 Å². The van der Waals surface area contributed by atoms with Gasteiger partial charge in [-0.3, -0.25) is 0 Å². The van der Waals surface area contributed by atoms with Crippen LogP contribution in [0.4, 0.5) is 0 Å². The normalized spacial score (nSPS) is 9.50. The van der Waals surface area contributed by atoms with Crippen molar-refractivity contribution in [2.45, 2.75) is 0 Å². The highest BCUT2D eigenvalue weighted by Gasteiger charge is 1.72. The zero-order valence-corrected chi connectivity index (χ0v) is 4.28. The lowest BCUT2D eigenvalue weighted by molar-refractivity contribution is -0.107. The molecule has 0 spiro atoms. The Balaban J connectivity index is 3.06. The van der Waals surface area contributed by atoms with E-state index in [0.717, 1.165) is 0 Å². The van der Waals surface area contributed by atoms with Crippen LogP contribution in [0.1, 0.15) is 0 Å². The summed E-state index contributed by atoms with van der Waals surface area (Å²) in [5.41, 5.74) is 0. The van der Waals surface area contributed by atoms with E-state index in [1.165, 1.54) is 0 Å². The van der Waals surface area contributed by atoms with Gasteiger partial charge in [-0.15, -0.1) is 0 Å². The summed E-state index contributed by atoms with van der Waals surface area (Å²) in [5, 5.41) is 6.61. The van der Waals surface area contributed by atoms with Crippen LogP contribution in [0, 0.1) is 0 Å². The van der Waals surface area contributed by atoms with E-state index in [1.807, 2.05) is 0 Å². The predicted octanol–water partition coefficient (Wildman–Crippen LogP) is -0.164. The van der Waals surface area contributed by atoms with Crippen molar-refractivity contribution in [3.8, 4) is 0 Å². The summed E-state index contributed by atoms with van der Waals surface area (Å²) in [6, 6.07) is 0. The first kappa shape index (κ1) is 6.94. The van der Waals surface area contributed by atoms with Crippen LogP contribution in [-0.2, 0) is 9.59 Å². The maximum atomic E-state index is 9.53. The van der Waals surface area contributed by atoms with Crippen LogP contribution in [0.2, 0.25) is 0 Å². The van der Waals surface area contributed by atoms with Crippen LogP contribution < -0.4 is 0 Å². The van der Waals surface area contributed by atoms with Gasteiger partial charge in [-0.25, -0.2) is 0 Å². The Morgan fingerprint density at radius 3 is 1.62 bits per heavy atom. The first-order valence-electron chi connectivity index (χ1n) is 2.12. The summed E-state index contributed by atoms with van der Waals surface area (Å²) >= 11 is 0. The molecule has 0 aromatic rings. The molecule has 0 saturated carbocycles. The van der Waals surface area contributed by atoms with Gasteiger partial charge in [-0.05, 0) is 0 Å². The highest BCUT2D eigenvalue weighted by atomic mass is 16.1. The summed E-state index contributed by atoms with van der Waals surface area (Å²) < 4.78 is 0. The molecule has 8 heavy (non-hydrogen) atoms. The molecule has 0 aliphatic rings. The van der Waals surface area contributed by atoms with Crippen molar-refractivity contribution in [3.63, 3.8) is 0 Å². The Hall–Kier alpha value is -1.06. The number of hydrogen-bond acceptors (Lipinski definition) is 4. The summed E-state index contributed by atoms with van der Waals surface area (Å²) in [5.74, 6) is 0. The summed E-state index contributed by atoms with van der Waals surface area (Å²) in [7, 11) is 0. The number of aldehydes is 2. The lowest BCUT2D eigenvalue weighted by atomic mass is 10.8. The van der Waals surface area contributed by atoms with E-state index in [4.69, 9.17) is 0 Å². The average Bonchev–Trinajstić information content (AvgIpc) is 1.81. The van der Waals surface area contributed by atoms with Gasteiger partial charge in [0.2, 0.25) is 0 Å². The minimum absolute atomic E-state index is 0.0494. The van der Waals surface area contributed by atoms with Gasteiger partial charge < -0.3 is 9.59 Å². The second-order valence-corrected chi connectivity index (χ2v) is 0.981. The minimum atomic E-state index is 0.0494. The van der Waals surface area contributed by atoms with E-state index in [2.05, 4.69) is 10.2 Å². The molecular weight excluding hydrogens is 108 g/mol. The van der Waals surface area contributed by atoms with Crippen molar-refractivity contribution in [2.24, 2.45) is 10.2 Å². The monoisotopic (exact) mass is 114 g/mol. The molecule has 0 aromatic carbocycles. The number of rotatable bonds is 4. The van der Waals surface area contributed by atoms with Gasteiger partial charge in [0, 0.05) is 0 Å². The van der Waals surface area contributed by atoms with Gasteiger partial charge in [0.1, 0.15) is 25.7 Å². The van der Waals surface area contributed by atoms with Crippen LogP contribution in [0.15, 0.2) is 10.2 Å². The second-order valence-electron chi connectivity index (χ2n) is 0.981. The first-order valence-corrected chi connectivity index (χ1v) is 2.12. The molecule has 0 atom stereocenters. The minimum Gasteiger partial charge on any atom is -0.301 e. The Morgan fingerprint density at radius 2 is 1.38 bits per heavy atom. The smallest absolute Gasteiger partial charge is 0.143 e. The zero-order chi connectivity index (χ0) is 6.24. The molecule has 0 amide bonds. The molecule has 44 valence electrons. The fourth-order valence-corrected chi connectivity index (χ4v) is 0.182. The number of hydrogen-bond donors (Lipinski definition) is 0. The number of carbonyl (C=O) groups excluding carboxylic acids is 2. The standard InChI is InChI=1S/C4H6N2O2/c7-3-1-5-6-2-4-8/h3-4H,1-2H2. The average molecular weight is 114 g/mol. The van der Waals surface area contributed by atoms with E-state index in [0.29, 0.717) is 12.6 Å². The molecule has 0 fully saturated rings. The largest absolute Gasteiger partial charge is 0.301 e. The molecule has 0 saturated heterocycles. The molecule has 0 aliphatic heterocycles. The highest BCUT2D eigenvalue weighted by Crippen LogP contribution is 1.68. The van der Waals surface area contributed by atoms with Gasteiger partial charge in [-0.2, -0.15) is 10.2 Å². The number of carbonyl (C=O) groups is 2. The lowest BCUT2D eigenvalue weighted by Crippen LogP contribution is -1.80. The molecule has 0 radical (unpaired) electrons. The first-order chi connectivity index (χ1) is 3.91. The Bertz CT molecular complexity index is 88.2. The Morgan fingerprint density at radius 1 is 1.00 bits per heavy atom. The molecule has 4 nitrogen and oxygen atoms in total. The molecule has 0 rings (SSSR count). The quantitative estimate of drug-likeness (QED) is 0.376. The molecule has 0 aromatic heterocycles. The maximum Gasteiger partial charge on any atom is 0.143 e. The fourth-order valence-electron chi connectivity index (χ4n) is 0.182. The van der Waals surface area contributed by atoms with Crippen molar-refractivity contribution in [3.05, 3.63) is 0 Å². The zero-order valence-electron chi connectivity index (χ0n) is 4.28. The molecular formula is C4H6N2O2. The summed E-state index contributed by atoms with van der Waals surface area (Å²) in [4.78, 5) is 19.1. The van der Waals surface area contributed by atoms with E-state index >= 15 is 0 Å². The van der Waals surface area contributed by atoms with Crippen molar-refractivity contribution in [2.75, 3.05) is 13.1 Å². The summed E-state index contributed by atoms with van der Waals surface area (Å²) in [6.07, 6.45) is 1.24. The van der Waals surface area contributed by atoms with Crippen molar-refractivity contribution < 1.29 is 9.59 Å². The van der Waals surface area contributed by atoms with Gasteiger partial charge in [0.25, 0.3) is 0 Å². The van der Waals surface area contributed by atoms with Crippen molar-refractivity contribution in [1.82, 2.24) is 0 Å². The van der Waals surface area contributed by atoms with Crippen LogP contribution in [-0.4, -0.2) is 25.7 Å². The molecule has 0 heterocycles. The highest BCUT2D eigenvalue weighted by molar-refractivity contribution is 5.53. The second kappa shape index (κ2) is 5.94. The van der Waals surface area contributed by atoms with E-state index in [-0.39, 0.29) is 13.1 Å². The molecule has 0 aliphatic carbocycles. The molecule has 0 unspecified atom stereocenters. The van der Waals surface area contributed by atoms with Crippen molar-refractivity contribution >= 4 is 12.6 Å². The SMILES string of the molecule is O=CCN=NCC=O. The van der Waals surface area contributed by atoms with Crippen LogP contribution in [0.3, 0.4) is 0 Å². The van der Waals surface area contributed by atoms with Gasteiger partial charge in [-0.1, -0.05) is 0 Å². The topological polar surface area (TPSA) is 58.9 Å². The fraction of sp³-hybridized carbons (Fsp3) is 0.500. The van der Waals surface area contributed by atoms with E-state index < -0.39 is 0 Å². The molecule has 0 N–H and O–H groups in total. The third-order valence-electron chi connectivity index (χ3n) is 0.412. The van der Waals surface area contributed by atoms with Crippen LogP contribution in [0.25, 0.3) is 0 Å². The third kappa shape index (κ3) is 4.94. The molecule has 4 heteroatoms. The number of azo groups is 1. The molecule has 0 bridgehead atoms. The maximum absolute atomic E-state index is 9.53. The van der Waals surface area contributed by atoms with Gasteiger partial charge in [0.05, 0.1) is 0 Å². The van der Waals surface area contributed by atoms with Gasteiger partial charge >= 0.3 is 0 Å². The predicted molar refractivity (Wildman–Crippen MR) is 26.7 cm³/mol. The van der Waals surface area contributed by atoms with Crippen LogP contribution in [0.5, 0.6) is 0 Å². The summed E-state index contributed by atoms with van der Waals surface area (Å²) in [6.45, 7) is 0.0989.